The predicted octanol–water partition coefficient (Wildman–Crippen LogP) is 6.21. The minimum absolute atomic E-state index is 0.140. The molecule has 0 unspecified atom stereocenters. The van der Waals surface area contributed by atoms with Crippen LogP contribution in [0.5, 0.6) is 0 Å². The maximum atomic E-state index is 6.36. The average molecular weight is 420 g/mol. The Morgan fingerprint density at radius 2 is 1.10 bits per heavy atom. The van der Waals surface area contributed by atoms with Crippen LogP contribution in [0.15, 0.2) is 91.0 Å². The Morgan fingerprint density at radius 3 is 1.47 bits per heavy atom. The third kappa shape index (κ3) is 5.60. The molecule has 0 N–H and O–H groups in total. The van der Waals surface area contributed by atoms with Crippen molar-refractivity contribution < 1.29 is 4.74 Å². The van der Waals surface area contributed by atoms with Crippen LogP contribution in [0.2, 0.25) is 0 Å². The van der Waals surface area contributed by atoms with E-state index in [0.29, 0.717) is 5.92 Å². The van der Waals surface area contributed by atoms with Gasteiger partial charge in [-0.2, -0.15) is 0 Å². The van der Waals surface area contributed by atoms with E-state index in [1.807, 2.05) is 0 Å². The average Bonchev–Trinajstić information content (AvgIpc) is 2.76. The smallest absolute Gasteiger partial charge is 0.112 e. The summed E-state index contributed by atoms with van der Waals surface area (Å²) in [6.07, 6.45) is 3.23. The van der Waals surface area contributed by atoms with E-state index >= 15 is 0 Å². The van der Waals surface area contributed by atoms with Gasteiger partial charge < -0.3 is 4.74 Å². The van der Waals surface area contributed by atoms with Crippen molar-refractivity contribution in [2.45, 2.75) is 46.1 Å². The van der Waals surface area contributed by atoms with Crippen LogP contribution in [0.25, 0.3) is 0 Å². The highest BCUT2D eigenvalue weighted by atomic mass is 31.2. The highest BCUT2D eigenvalue weighted by Gasteiger charge is 2.46. The molecule has 0 aromatic heterocycles. The third-order valence-electron chi connectivity index (χ3n) is 5.83. The molecule has 158 valence electrons. The zero-order valence-electron chi connectivity index (χ0n) is 18.9. The molecule has 0 atom stereocenters. The van der Waals surface area contributed by atoms with Crippen LogP contribution in [-0.4, -0.2) is 18.4 Å². The Bertz CT molecular complexity index is 776. The van der Waals surface area contributed by atoms with Crippen molar-refractivity contribution in [2.75, 3.05) is 12.8 Å². The number of benzene rings is 3. The Morgan fingerprint density at radius 1 is 0.700 bits per heavy atom. The van der Waals surface area contributed by atoms with Gasteiger partial charge in [-0.25, -0.2) is 0 Å². The lowest BCUT2D eigenvalue weighted by molar-refractivity contribution is -0.0237. The first-order valence-corrected chi connectivity index (χ1v) is 13.1. The van der Waals surface area contributed by atoms with Crippen molar-refractivity contribution in [1.82, 2.24) is 0 Å². The zero-order chi connectivity index (χ0) is 21.5. The molecular formula is C28H36OP+. The second-order valence-corrected chi connectivity index (χ2v) is 12.7. The van der Waals surface area contributed by atoms with Gasteiger partial charge in [-0.05, 0) is 62.6 Å². The lowest BCUT2D eigenvalue weighted by Gasteiger charge is -2.32. The summed E-state index contributed by atoms with van der Waals surface area (Å²) in [5.74, 6) is 0.672. The summed E-state index contributed by atoms with van der Waals surface area (Å²) in [6.45, 7) is 9.85. The van der Waals surface area contributed by atoms with Crippen LogP contribution < -0.4 is 15.9 Å². The second kappa shape index (κ2) is 10.4. The summed E-state index contributed by atoms with van der Waals surface area (Å²) in [5.41, 5.74) is -0.140. The molecule has 3 aromatic rings. The molecule has 0 spiro atoms. The lowest BCUT2D eigenvalue weighted by Crippen LogP contribution is -2.36. The molecule has 0 saturated heterocycles. The normalized spacial score (nSPS) is 12.3. The van der Waals surface area contributed by atoms with Crippen LogP contribution in [0.1, 0.15) is 40.5 Å². The van der Waals surface area contributed by atoms with Gasteiger partial charge in [0.25, 0.3) is 0 Å². The van der Waals surface area contributed by atoms with E-state index < -0.39 is 7.26 Å². The van der Waals surface area contributed by atoms with Crippen LogP contribution in [0.4, 0.5) is 0 Å². The van der Waals surface area contributed by atoms with Crippen LogP contribution >= 0.6 is 7.26 Å². The van der Waals surface area contributed by atoms with Crippen LogP contribution in [0.3, 0.4) is 0 Å². The molecular weight excluding hydrogens is 383 g/mol. The molecule has 3 aromatic carbocycles. The summed E-state index contributed by atoms with van der Waals surface area (Å²) >= 11 is 0. The Hall–Kier alpha value is -1.95. The molecule has 0 amide bonds. The van der Waals surface area contributed by atoms with Gasteiger partial charge in [0.05, 0.1) is 11.8 Å². The van der Waals surface area contributed by atoms with E-state index in [1.54, 1.807) is 0 Å². The zero-order valence-corrected chi connectivity index (χ0v) is 19.8. The number of rotatable bonds is 10. The van der Waals surface area contributed by atoms with E-state index in [9.17, 15) is 0 Å². The summed E-state index contributed by atoms with van der Waals surface area (Å²) in [7, 11) is -1.78. The Labute approximate surface area is 183 Å². The maximum absolute atomic E-state index is 6.36. The molecule has 2 heteroatoms. The van der Waals surface area contributed by atoms with Gasteiger partial charge in [-0.3, -0.25) is 0 Å². The molecule has 0 fully saturated rings. The van der Waals surface area contributed by atoms with Gasteiger partial charge in [0.1, 0.15) is 23.2 Å². The number of hydrogen-bond donors (Lipinski definition) is 0. The molecule has 0 radical (unpaired) electrons. The fraction of sp³-hybridized carbons (Fsp3) is 0.357. The van der Waals surface area contributed by atoms with Gasteiger partial charge in [-0.1, -0.05) is 68.4 Å². The molecule has 1 nitrogen and oxygen atoms in total. The van der Waals surface area contributed by atoms with Crippen molar-refractivity contribution >= 4 is 23.2 Å². The minimum atomic E-state index is -1.78. The summed E-state index contributed by atoms with van der Waals surface area (Å²) < 4.78 is 6.36. The van der Waals surface area contributed by atoms with Crippen molar-refractivity contribution in [3.8, 4) is 0 Å². The maximum Gasteiger partial charge on any atom is 0.112 e. The molecule has 0 saturated carbocycles. The fourth-order valence-corrected chi connectivity index (χ4v) is 8.55. The molecule has 0 aliphatic rings. The van der Waals surface area contributed by atoms with Crippen molar-refractivity contribution in [2.24, 2.45) is 5.92 Å². The minimum Gasteiger partial charge on any atom is -0.375 e. The lowest BCUT2D eigenvalue weighted by atomic mass is 10.1. The van der Waals surface area contributed by atoms with Gasteiger partial charge in [0.15, 0.2) is 0 Å². The van der Waals surface area contributed by atoms with Gasteiger partial charge >= 0.3 is 0 Å². The van der Waals surface area contributed by atoms with E-state index in [0.717, 1.165) is 25.6 Å². The molecule has 0 aliphatic carbocycles. The molecule has 3 rings (SSSR count). The standard InChI is InChI=1S/C28H36OP/c1-24(2)20-22-29-28(3,4)21-23-30(25-14-8-5-9-15-25,26-16-10-6-11-17-26)27-18-12-7-13-19-27/h5-19,24H,20-23H2,1-4H3/q+1. The van der Waals surface area contributed by atoms with Crippen LogP contribution in [-0.2, 0) is 4.74 Å². The van der Waals surface area contributed by atoms with Crippen molar-refractivity contribution in [3.05, 3.63) is 91.0 Å². The topological polar surface area (TPSA) is 9.23 Å². The molecule has 0 heterocycles. The first kappa shape index (κ1) is 22.7. The first-order chi connectivity index (χ1) is 14.4. The number of ether oxygens (including phenoxy) is 1. The highest BCUT2D eigenvalue weighted by Crippen LogP contribution is 2.56. The summed E-state index contributed by atoms with van der Waals surface area (Å²) in [6, 6.07) is 33.4. The van der Waals surface area contributed by atoms with Crippen LogP contribution in [0, 0.1) is 5.92 Å². The van der Waals surface area contributed by atoms with E-state index in [1.165, 1.54) is 15.9 Å². The Kier molecular flexibility index (Phi) is 7.87. The summed E-state index contributed by atoms with van der Waals surface area (Å²) in [5, 5.41) is 4.33. The van der Waals surface area contributed by atoms with E-state index in [-0.39, 0.29) is 5.60 Å². The van der Waals surface area contributed by atoms with Crippen molar-refractivity contribution in [3.63, 3.8) is 0 Å². The van der Waals surface area contributed by atoms with Crippen molar-refractivity contribution in [1.29, 1.82) is 0 Å². The molecule has 0 aliphatic heterocycles. The quantitative estimate of drug-likeness (QED) is 0.355. The predicted molar refractivity (Wildman–Crippen MR) is 134 cm³/mol. The molecule has 0 bridgehead atoms. The molecule has 30 heavy (non-hydrogen) atoms. The van der Waals surface area contributed by atoms with Gasteiger partial charge in [0.2, 0.25) is 0 Å². The fourth-order valence-electron chi connectivity index (χ4n) is 3.96. The first-order valence-electron chi connectivity index (χ1n) is 11.1. The number of hydrogen-bond acceptors (Lipinski definition) is 1. The van der Waals surface area contributed by atoms with Gasteiger partial charge in [0, 0.05) is 13.0 Å². The largest absolute Gasteiger partial charge is 0.375 e. The second-order valence-electron chi connectivity index (χ2n) is 9.08. The van der Waals surface area contributed by atoms with E-state index in [4.69, 9.17) is 4.74 Å². The Balaban J connectivity index is 2.01. The third-order valence-corrected chi connectivity index (χ3v) is 10.3. The monoisotopic (exact) mass is 419 g/mol. The highest BCUT2D eigenvalue weighted by molar-refractivity contribution is 7.95. The SMILES string of the molecule is CC(C)CCOC(C)(C)CC[P+](c1ccccc1)(c1ccccc1)c1ccccc1. The summed E-state index contributed by atoms with van der Waals surface area (Å²) in [4.78, 5) is 0. The van der Waals surface area contributed by atoms with E-state index in [2.05, 4.69) is 119 Å². The van der Waals surface area contributed by atoms with Gasteiger partial charge in [-0.15, -0.1) is 0 Å².